The molecule has 1 saturated heterocycles. The molecule has 0 spiro atoms. The molecule has 1 aliphatic rings. The molecule has 0 saturated carbocycles. The lowest BCUT2D eigenvalue weighted by Crippen LogP contribution is -2.47. The number of piperazine rings is 1. The van der Waals surface area contributed by atoms with Crippen molar-refractivity contribution in [2.24, 2.45) is 0 Å². The largest absolute Gasteiger partial charge is 0.493 e. The summed E-state index contributed by atoms with van der Waals surface area (Å²) < 4.78 is 15.9. The van der Waals surface area contributed by atoms with Gasteiger partial charge in [-0.15, -0.1) is 0 Å². The van der Waals surface area contributed by atoms with Gasteiger partial charge < -0.3 is 29.3 Å². The summed E-state index contributed by atoms with van der Waals surface area (Å²) in [6.45, 7) is 5.82. The van der Waals surface area contributed by atoms with E-state index in [-0.39, 0.29) is 11.8 Å². The van der Waals surface area contributed by atoms with Gasteiger partial charge >= 0.3 is 0 Å². The summed E-state index contributed by atoms with van der Waals surface area (Å²) in [5.74, 6) is 1.19. The van der Waals surface area contributed by atoms with Crippen LogP contribution in [-0.2, 0) is 4.79 Å². The molecule has 2 rings (SSSR count). The summed E-state index contributed by atoms with van der Waals surface area (Å²) in [5.41, 5.74) is 0.431. The van der Waals surface area contributed by atoms with Gasteiger partial charge in [0.15, 0.2) is 11.5 Å². The highest BCUT2D eigenvalue weighted by Gasteiger charge is 2.22. The fourth-order valence-corrected chi connectivity index (χ4v) is 3.09. The van der Waals surface area contributed by atoms with Crippen LogP contribution < -0.4 is 19.5 Å². The summed E-state index contributed by atoms with van der Waals surface area (Å²) in [5, 5.41) is 3.22. The number of hydrogen-bond acceptors (Lipinski definition) is 6. The molecule has 8 heteroatoms. The van der Waals surface area contributed by atoms with Crippen LogP contribution in [0.5, 0.6) is 17.2 Å². The first-order valence-electron chi connectivity index (χ1n) is 9.13. The molecule has 1 aliphatic heterocycles. The summed E-state index contributed by atoms with van der Waals surface area (Å²) in [7, 11) is 4.53. The van der Waals surface area contributed by atoms with Crippen molar-refractivity contribution in [1.82, 2.24) is 15.1 Å². The summed E-state index contributed by atoms with van der Waals surface area (Å²) in [4.78, 5) is 28.8. The second-order valence-electron chi connectivity index (χ2n) is 6.18. The molecule has 8 nitrogen and oxygen atoms in total. The number of rotatable bonds is 8. The predicted molar refractivity (Wildman–Crippen MR) is 102 cm³/mol. The fourth-order valence-electron chi connectivity index (χ4n) is 3.09. The Morgan fingerprint density at radius 2 is 1.67 bits per heavy atom. The standard InChI is InChI=1S/C19H29N3O5/c1-5-21(9-6-17(23)22-10-7-20-8-11-22)19(24)14-12-15(25-2)18(27-4)16(13-14)26-3/h12-13,20H,5-11H2,1-4H3. The van der Waals surface area contributed by atoms with Crippen molar-refractivity contribution < 1.29 is 23.8 Å². The molecular formula is C19H29N3O5. The Kier molecular flexibility index (Phi) is 7.72. The number of carbonyl (C=O) groups is 2. The van der Waals surface area contributed by atoms with E-state index in [1.54, 1.807) is 17.0 Å². The third-order valence-corrected chi connectivity index (χ3v) is 4.65. The number of ether oxygens (including phenoxy) is 3. The molecule has 1 N–H and O–H groups in total. The second kappa shape index (κ2) is 10.0. The average molecular weight is 379 g/mol. The molecule has 1 heterocycles. The normalized spacial score (nSPS) is 13.9. The highest BCUT2D eigenvalue weighted by atomic mass is 16.5. The van der Waals surface area contributed by atoms with E-state index in [1.807, 2.05) is 11.8 Å². The maximum atomic E-state index is 12.9. The van der Waals surface area contributed by atoms with Gasteiger partial charge in [-0.05, 0) is 19.1 Å². The molecule has 0 unspecified atom stereocenters. The van der Waals surface area contributed by atoms with Crippen LogP contribution in [0.2, 0.25) is 0 Å². The maximum absolute atomic E-state index is 12.9. The monoisotopic (exact) mass is 379 g/mol. The van der Waals surface area contributed by atoms with Crippen LogP contribution in [0, 0.1) is 0 Å². The van der Waals surface area contributed by atoms with Gasteiger partial charge in [-0.1, -0.05) is 0 Å². The highest BCUT2D eigenvalue weighted by molar-refractivity contribution is 5.96. The SMILES string of the molecule is CCN(CCC(=O)N1CCNCC1)C(=O)c1cc(OC)c(OC)c(OC)c1. The zero-order valence-corrected chi connectivity index (χ0v) is 16.5. The zero-order chi connectivity index (χ0) is 19.8. The Morgan fingerprint density at radius 3 is 2.15 bits per heavy atom. The van der Waals surface area contributed by atoms with Crippen molar-refractivity contribution in [3.05, 3.63) is 17.7 Å². The number of carbonyl (C=O) groups excluding carboxylic acids is 2. The van der Waals surface area contributed by atoms with E-state index in [9.17, 15) is 9.59 Å². The molecule has 0 aliphatic carbocycles. The van der Waals surface area contributed by atoms with E-state index in [0.717, 1.165) is 13.1 Å². The van der Waals surface area contributed by atoms with Crippen molar-refractivity contribution in [2.75, 3.05) is 60.6 Å². The van der Waals surface area contributed by atoms with Crippen LogP contribution in [-0.4, -0.2) is 82.2 Å². The Hall–Kier alpha value is -2.48. The molecule has 2 amide bonds. The van der Waals surface area contributed by atoms with Gasteiger partial charge in [0.25, 0.3) is 5.91 Å². The lowest BCUT2D eigenvalue weighted by Gasteiger charge is -2.29. The van der Waals surface area contributed by atoms with Crippen LogP contribution in [0.25, 0.3) is 0 Å². The first kappa shape index (κ1) is 20.8. The van der Waals surface area contributed by atoms with Gasteiger partial charge in [0.05, 0.1) is 21.3 Å². The van der Waals surface area contributed by atoms with Crippen LogP contribution in [0.15, 0.2) is 12.1 Å². The number of hydrogen-bond donors (Lipinski definition) is 1. The van der Waals surface area contributed by atoms with Crippen molar-refractivity contribution in [3.63, 3.8) is 0 Å². The smallest absolute Gasteiger partial charge is 0.254 e. The van der Waals surface area contributed by atoms with Crippen molar-refractivity contribution in [2.45, 2.75) is 13.3 Å². The van der Waals surface area contributed by atoms with Crippen molar-refractivity contribution in [1.29, 1.82) is 0 Å². The fraction of sp³-hybridized carbons (Fsp3) is 0.579. The number of amides is 2. The lowest BCUT2D eigenvalue weighted by molar-refractivity contribution is -0.131. The molecule has 150 valence electrons. The van der Waals surface area contributed by atoms with E-state index in [0.29, 0.717) is 55.4 Å². The molecule has 0 aromatic heterocycles. The lowest BCUT2D eigenvalue weighted by atomic mass is 10.1. The molecule has 1 fully saturated rings. The third-order valence-electron chi connectivity index (χ3n) is 4.65. The van der Waals surface area contributed by atoms with Gasteiger partial charge in [-0.3, -0.25) is 9.59 Å². The maximum Gasteiger partial charge on any atom is 0.254 e. The van der Waals surface area contributed by atoms with Crippen LogP contribution >= 0.6 is 0 Å². The topological polar surface area (TPSA) is 80.3 Å². The average Bonchev–Trinajstić information content (AvgIpc) is 2.73. The van der Waals surface area contributed by atoms with E-state index in [4.69, 9.17) is 14.2 Å². The second-order valence-corrected chi connectivity index (χ2v) is 6.18. The van der Waals surface area contributed by atoms with Gasteiger partial charge in [-0.25, -0.2) is 0 Å². The quantitative estimate of drug-likeness (QED) is 0.726. The third kappa shape index (κ3) is 5.03. The summed E-state index contributed by atoms with van der Waals surface area (Å²) >= 11 is 0. The minimum Gasteiger partial charge on any atom is -0.493 e. The molecule has 0 bridgehead atoms. The van der Waals surface area contributed by atoms with Crippen LogP contribution in [0.1, 0.15) is 23.7 Å². The number of benzene rings is 1. The minimum absolute atomic E-state index is 0.0765. The minimum atomic E-state index is -0.176. The number of methoxy groups -OCH3 is 3. The van der Waals surface area contributed by atoms with E-state index in [2.05, 4.69) is 5.32 Å². The summed E-state index contributed by atoms with van der Waals surface area (Å²) in [6.07, 6.45) is 0.310. The van der Waals surface area contributed by atoms with Gasteiger partial charge in [0, 0.05) is 51.3 Å². The van der Waals surface area contributed by atoms with E-state index >= 15 is 0 Å². The van der Waals surface area contributed by atoms with Crippen LogP contribution in [0.4, 0.5) is 0 Å². The molecule has 0 radical (unpaired) electrons. The number of nitrogens with one attached hydrogen (secondary N) is 1. The van der Waals surface area contributed by atoms with Crippen molar-refractivity contribution >= 4 is 11.8 Å². The molecular weight excluding hydrogens is 350 g/mol. The Labute approximate surface area is 160 Å². The van der Waals surface area contributed by atoms with Crippen LogP contribution in [0.3, 0.4) is 0 Å². The highest BCUT2D eigenvalue weighted by Crippen LogP contribution is 2.38. The van der Waals surface area contributed by atoms with E-state index in [1.165, 1.54) is 21.3 Å². The van der Waals surface area contributed by atoms with E-state index < -0.39 is 0 Å². The molecule has 1 aromatic carbocycles. The molecule has 1 aromatic rings. The first-order valence-corrected chi connectivity index (χ1v) is 9.13. The molecule has 0 atom stereocenters. The molecule has 27 heavy (non-hydrogen) atoms. The van der Waals surface area contributed by atoms with Gasteiger partial charge in [0.1, 0.15) is 0 Å². The summed E-state index contributed by atoms with van der Waals surface area (Å²) in [6, 6.07) is 3.26. The van der Waals surface area contributed by atoms with Gasteiger partial charge in [-0.2, -0.15) is 0 Å². The first-order chi connectivity index (χ1) is 13.0. The Balaban J connectivity index is 2.10. The van der Waals surface area contributed by atoms with Crippen molar-refractivity contribution in [3.8, 4) is 17.2 Å². The predicted octanol–water partition coefficient (Wildman–Crippen LogP) is 0.996. The zero-order valence-electron chi connectivity index (χ0n) is 16.5. The van der Waals surface area contributed by atoms with Gasteiger partial charge in [0.2, 0.25) is 11.7 Å². The Morgan fingerprint density at radius 1 is 1.07 bits per heavy atom. The number of nitrogens with zero attached hydrogens (tertiary/aromatic N) is 2. The Bertz CT molecular complexity index is 634.